The van der Waals surface area contributed by atoms with E-state index in [2.05, 4.69) is 20.8 Å². The zero-order chi connectivity index (χ0) is 17.5. The van der Waals surface area contributed by atoms with Crippen LogP contribution >= 0.6 is 0 Å². The molecule has 0 saturated carbocycles. The number of aromatic nitrogens is 4. The van der Waals surface area contributed by atoms with Crippen molar-refractivity contribution in [3.8, 4) is 17.2 Å². The molecular weight excluding hydrogens is 314 g/mol. The lowest BCUT2D eigenvalue weighted by molar-refractivity contribution is 0.102. The summed E-state index contributed by atoms with van der Waals surface area (Å²) in [5.41, 5.74) is 0.355. The van der Waals surface area contributed by atoms with Crippen molar-refractivity contribution in [2.24, 2.45) is 7.05 Å². The van der Waals surface area contributed by atoms with Crippen LogP contribution in [0.15, 0.2) is 12.1 Å². The number of nitrogens with one attached hydrogen (secondary N) is 1. The number of carbonyl (C=O) groups excluding carboxylic acids is 1. The van der Waals surface area contributed by atoms with Crippen LogP contribution in [0.2, 0.25) is 0 Å². The number of anilines is 1. The van der Waals surface area contributed by atoms with Crippen LogP contribution in [-0.2, 0) is 7.05 Å². The molecule has 0 aliphatic rings. The number of rotatable bonds is 8. The zero-order valence-electron chi connectivity index (χ0n) is 14.2. The third-order valence-corrected chi connectivity index (χ3v) is 3.02. The molecule has 9 heteroatoms. The second kappa shape index (κ2) is 8.14. The SMILES string of the molecule is CCOc1cc(C(=O)Nc2nnnn2C)cc(OCC)c1OCC. The molecule has 0 bridgehead atoms. The number of aryl methyl sites for hydroxylation is 1. The van der Waals surface area contributed by atoms with Gasteiger partial charge in [0.15, 0.2) is 11.5 Å². The Hall–Kier alpha value is -2.84. The largest absolute Gasteiger partial charge is 0.490 e. The van der Waals surface area contributed by atoms with E-state index < -0.39 is 0 Å². The lowest BCUT2D eigenvalue weighted by atomic mass is 10.1. The predicted molar refractivity (Wildman–Crippen MR) is 86.7 cm³/mol. The molecule has 24 heavy (non-hydrogen) atoms. The Labute approximate surface area is 139 Å². The van der Waals surface area contributed by atoms with Gasteiger partial charge in [-0.3, -0.25) is 10.1 Å². The molecule has 9 nitrogen and oxygen atoms in total. The van der Waals surface area contributed by atoms with Crippen LogP contribution in [0, 0.1) is 0 Å². The summed E-state index contributed by atoms with van der Waals surface area (Å²) >= 11 is 0. The lowest BCUT2D eigenvalue weighted by Crippen LogP contribution is -2.16. The minimum Gasteiger partial charge on any atom is -0.490 e. The van der Waals surface area contributed by atoms with Crippen molar-refractivity contribution < 1.29 is 19.0 Å². The van der Waals surface area contributed by atoms with Crippen LogP contribution in [0.3, 0.4) is 0 Å². The minimum absolute atomic E-state index is 0.241. The molecule has 1 aromatic carbocycles. The Bertz CT molecular complexity index is 674. The predicted octanol–water partition coefficient (Wildman–Crippen LogP) is 1.66. The van der Waals surface area contributed by atoms with Gasteiger partial charge in [-0.05, 0) is 43.3 Å². The minimum atomic E-state index is -0.377. The molecule has 1 heterocycles. The van der Waals surface area contributed by atoms with Gasteiger partial charge in [0.1, 0.15) is 0 Å². The molecule has 0 aliphatic heterocycles. The molecule has 0 fully saturated rings. The molecule has 1 N–H and O–H groups in total. The molecule has 0 spiro atoms. The summed E-state index contributed by atoms with van der Waals surface area (Å²) in [5.74, 6) is 1.25. The van der Waals surface area contributed by atoms with E-state index in [9.17, 15) is 4.79 Å². The molecule has 0 aliphatic carbocycles. The fourth-order valence-corrected chi connectivity index (χ4v) is 2.03. The Morgan fingerprint density at radius 1 is 1.08 bits per heavy atom. The van der Waals surface area contributed by atoms with Crippen LogP contribution < -0.4 is 19.5 Å². The monoisotopic (exact) mass is 335 g/mol. The van der Waals surface area contributed by atoms with Crippen molar-refractivity contribution in [3.63, 3.8) is 0 Å². The van der Waals surface area contributed by atoms with Gasteiger partial charge in [-0.25, -0.2) is 4.68 Å². The number of amides is 1. The van der Waals surface area contributed by atoms with Crippen molar-refractivity contribution in [3.05, 3.63) is 17.7 Å². The van der Waals surface area contributed by atoms with Gasteiger partial charge in [0, 0.05) is 12.6 Å². The first-order valence-corrected chi connectivity index (χ1v) is 7.70. The fourth-order valence-electron chi connectivity index (χ4n) is 2.03. The second-order valence-electron chi connectivity index (χ2n) is 4.68. The molecule has 0 unspecified atom stereocenters. The van der Waals surface area contributed by atoms with Crippen molar-refractivity contribution in [1.29, 1.82) is 0 Å². The van der Waals surface area contributed by atoms with Crippen molar-refractivity contribution in [2.75, 3.05) is 25.1 Å². The number of hydrogen-bond donors (Lipinski definition) is 1. The Morgan fingerprint density at radius 2 is 1.67 bits per heavy atom. The van der Waals surface area contributed by atoms with Gasteiger partial charge < -0.3 is 14.2 Å². The summed E-state index contributed by atoms with van der Waals surface area (Å²) in [6.45, 7) is 6.90. The third kappa shape index (κ3) is 3.92. The van der Waals surface area contributed by atoms with E-state index in [4.69, 9.17) is 14.2 Å². The molecule has 130 valence electrons. The summed E-state index contributed by atoms with van der Waals surface area (Å²) in [7, 11) is 1.63. The maximum atomic E-state index is 12.5. The van der Waals surface area contributed by atoms with Crippen molar-refractivity contribution in [1.82, 2.24) is 20.2 Å². The number of ether oxygens (including phenoxy) is 3. The zero-order valence-corrected chi connectivity index (χ0v) is 14.2. The average molecular weight is 335 g/mol. The Balaban J connectivity index is 2.38. The Morgan fingerprint density at radius 3 is 2.12 bits per heavy atom. The molecule has 1 aromatic heterocycles. The first kappa shape index (κ1) is 17.5. The number of nitrogens with zero attached hydrogens (tertiary/aromatic N) is 4. The summed E-state index contributed by atoms with van der Waals surface area (Å²) in [5, 5.41) is 13.5. The maximum absolute atomic E-state index is 12.5. The van der Waals surface area contributed by atoms with Gasteiger partial charge in [-0.15, -0.1) is 0 Å². The van der Waals surface area contributed by atoms with Crippen LogP contribution in [-0.4, -0.2) is 45.9 Å². The first-order chi connectivity index (χ1) is 11.6. The van der Waals surface area contributed by atoms with Crippen LogP contribution in [0.4, 0.5) is 5.95 Å². The number of carbonyl (C=O) groups is 1. The standard InChI is InChI=1S/C15H21N5O4/c1-5-22-11-8-10(9-12(23-6-2)13(11)24-7-3)14(21)16-15-17-18-19-20(15)4/h8-9H,5-7H2,1-4H3,(H,16,17,19,21). The van der Waals surface area contributed by atoms with E-state index in [0.29, 0.717) is 42.6 Å². The highest BCUT2D eigenvalue weighted by molar-refractivity contribution is 6.04. The second-order valence-corrected chi connectivity index (χ2v) is 4.68. The van der Waals surface area contributed by atoms with Gasteiger partial charge in [0.25, 0.3) is 5.91 Å². The van der Waals surface area contributed by atoms with Crippen LogP contribution in [0.5, 0.6) is 17.2 Å². The highest BCUT2D eigenvalue weighted by Gasteiger charge is 2.19. The van der Waals surface area contributed by atoms with E-state index in [1.165, 1.54) is 4.68 Å². The number of tetrazole rings is 1. The summed E-state index contributed by atoms with van der Waals surface area (Å²) < 4.78 is 18.2. The lowest BCUT2D eigenvalue weighted by Gasteiger charge is -2.16. The summed E-state index contributed by atoms with van der Waals surface area (Å²) in [6.07, 6.45) is 0. The molecule has 1 amide bonds. The van der Waals surface area contributed by atoms with Crippen molar-refractivity contribution in [2.45, 2.75) is 20.8 Å². The van der Waals surface area contributed by atoms with Gasteiger partial charge in [-0.2, -0.15) is 0 Å². The topological polar surface area (TPSA) is 100 Å². The van der Waals surface area contributed by atoms with Crippen LogP contribution in [0.1, 0.15) is 31.1 Å². The van der Waals surface area contributed by atoms with E-state index >= 15 is 0 Å². The average Bonchev–Trinajstić information content (AvgIpc) is 2.95. The highest BCUT2D eigenvalue weighted by atomic mass is 16.5. The van der Waals surface area contributed by atoms with Crippen molar-refractivity contribution >= 4 is 11.9 Å². The van der Waals surface area contributed by atoms with E-state index in [1.54, 1.807) is 19.2 Å². The van der Waals surface area contributed by atoms with Gasteiger partial charge >= 0.3 is 0 Å². The van der Waals surface area contributed by atoms with Crippen LogP contribution in [0.25, 0.3) is 0 Å². The number of benzene rings is 1. The van der Waals surface area contributed by atoms with E-state index in [0.717, 1.165) is 0 Å². The molecule has 2 aromatic rings. The van der Waals surface area contributed by atoms with E-state index in [1.807, 2.05) is 20.8 Å². The molecular formula is C15H21N5O4. The van der Waals surface area contributed by atoms with Gasteiger partial charge in [-0.1, -0.05) is 5.10 Å². The fraction of sp³-hybridized carbons (Fsp3) is 0.467. The quantitative estimate of drug-likeness (QED) is 0.783. The van der Waals surface area contributed by atoms with Gasteiger partial charge in [0.05, 0.1) is 19.8 Å². The van der Waals surface area contributed by atoms with Gasteiger partial charge in [0.2, 0.25) is 11.7 Å². The number of hydrogen-bond acceptors (Lipinski definition) is 7. The maximum Gasteiger partial charge on any atom is 0.258 e. The molecule has 0 saturated heterocycles. The third-order valence-electron chi connectivity index (χ3n) is 3.02. The smallest absolute Gasteiger partial charge is 0.258 e. The first-order valence-electron chi connectivity index (χ1n) is 7.70. The molecule has 0 radical (unpaired) electrons. The summed E-state index contributed by atoms with van der Waals surface area (Å²) in [6, 6.07) is 3.21. The Kier molecular flexibility index (Phi) is 5.94. The molecule has 2 rings (SSSR count). The normalized spacial score (nSPS) is 10.3. The molecule has 0 atom stereocenters. The summed E-state index contributed by atoms with van der Waals surface area (Å²) in [4.78, 5) is 12.5. The highest BCUT2D eigenvalue weighted by Crippen LogP contribution is 2.39. The van der Waals surface area contributed by atoms with E-state index in [-0.39, 0.29) is 11.9 Å².